The van der Waals surface area contributed by atoms with Gasteiger partial charge in [-0.1, -0.05) is 43.1 Å². The molecule has 2 atom stereocenters. The van der Waals surface area contributed by atoms with Gasteiger partial charge >= 0.3 is 0 Å². The van der Waals surface area contributed by atoms with Gasteiger partial charge in [0, 0.05) is 20.6 Å². The summed E-state index contributed by atoms with van der Waals surface area (Å²) in [5.74, 6) is 0.949. The third-order valence-corrected chi connectivity index (χ3v) is 3.67. The predicted octanol–water partition coefficient (Wildman–Crippen LogP) is 3.59. The van der Waals surface area contributed by atoms with Crippen LogP contribution in [0, 0.1) is 17.3 Å². The van der Waals surface area contributed by atoms with Gasteiger partial charge in [0.2, 0.25) is 0 Å². The Morgan fingerprint density at radius 1 is 1.33 bits per heavy atom. The van der Waals surface area contributed by atoms with Gasteiger partial charge in [-0.3, -0.25) is 0 Å². The molecule has 1 aliphatic carbocycles. The largest absolute Gasteiger partial charge is 0.356 e. The third kappa shape index (κ3) is 3.10. The van der Waals surface area contributed by atoms with E-state index in [0.717, 1.165) is 6.42 Å². The second kappa shape index (κ2) is 5.05. The molecule has 1 rings (SSSR count). The van der Waals surface area contributed by atoms with Crippen LogP contribution in [0.15, 0.2) is 10.6 Å². The lowest BCUT2D eigenvalue weighted by atomic mass is 10.1. The summed E-state index contributed by atoms with van der Waals surface area (Å²) >= 11 is 11.3. The molecular formula is C11H18Cl2O2. The summed E-state index contributed by atoms with van der Waals surface area (Å²) in [6.07, 6.45) is 2.65. The molecule has 0 radical (unpaired) electrons. The maximum Gasteiger partial charge on any atom is 0.157 e. The van der Waals surface area contributed by atoms with Gasteiger partial charge in [0.15, 0.2) is 6.29 Å². The maximum absolute atomic E-state index is 5.67. The Kier molecular flexibility index (Phi) is 4.48. The first-order valence-corrected chi connectivity index (χ1v) is 5.77. The van der Waals surface area contributed by atoms with Crippen LogP contribution in [-0.4, -0.2) is 20.5 Å². The van der Waals surface area contributed by atoms with Crippen molar-refractivity contribution in [2.45, 2.75) is 26.6 Å². The Bertz CT molecular complexity index is 243. The van der Waals surface area contributed by atoms with Crippen LogP contribution in [0.3, 0.4) is 0 Å². The van der Waals surface area contributed by atoms with Crippen LogP contribution in [0.4, 0.5) is 0 Å². The highest BCUT2D eigenvalue weighted by atomic mass is 35.5. The van der Waals surface area contributed by atoms with Crippen molar-refractivity contribution in [1.82, 2.24) is 0 Å². The third-order valence-electron chi connectivity index (χ3n) is 3.42. The van der Waals surface area contributed by atoms with Gasteiger partial charge in [-0.05, 0) is 17.3 Å². The van der Waals surface area contributed by atoms with Crippen LogP contribution in [-0.2, 0) is 9.47 Å². The molecule has 4 heteroatoms. The van der Waals surface area contributed by atoms with Crippen molar-refractivity contribution in [3.05, 3.63) is 10.6 Å². The average molecular weight is 253 g/mol. The summed E-state index contributed by atoms with van der Waals surface area (Å²) in [6, 6.07) is 0. The van der Waals surface area contributed by atoms with Gasteiger partial charge in [-0.2, -0.15) is 0 Å². The number of allylic oxidation sites excluding steroid dienone is 1. The number of halogens is 2. The quantitative estimate of drug-likeness (QED) is 0.697. The molecule has 0 aromatic rings. The Labute approximate surface area is 102 Å². The second-order valence-electron chi connectivity index (χ2n) is 4.55. The van der Waals surface area contributed by atoms with Crippen LogP contribution in [0.25, 0.3) is 0 Å². The van der Waals surface area contributed by atoms with Gasteiger partial charge in [0.25, 0.3) is 0 Å². The smallest absolute Gasteiger partial charge is 0.157 e. The molecule has 1 fully saturated rings. The first kappa shape index (κ1) is 13.3. The molecule has 2 unspecified atom stereocenters. The van der Waals surface area contributed by atoms with E-state index in [1.54, 1.807) is 14.2 Å². The van der Waals surface area contributed by atoms with Crippen molar-refractivity contribution in [1.29, 1.82) is 0 Å². The molecule has 15 heavy (non-hydrogen) atoms. The van der Waals surface area contributed by atoms with Crippen LogP contribution in [0.2, 0.25) is 0 Å². The molecule has 0 spiro atoms. The van der Waals surface area contributed by atoms with Gasteiger partial charge in [-0.25, -0.2) is 0 Å². The molecule has 0 aliphatic heterocycles. The minimum absolute atomic E-state index is 0.137. The first-order valence-electron chi connectivity index (χ1n) is 5.02. The van der Waals surface area contributed by atoms with Crippen molar-refractivity contribution >= 4 is 23.2 Å². The zero-order valence-corrected chi connectivity index (χ0v) is 11.1. The fourth-order valence-corrected chi connectivity index (χ4v) is 2.47. The zero-order chi connectivity index (χ0) is 11.6. The molecular weight excluding hydrogens is 235 g/mol. The molecule has 0 heterocycles. The fourth-order valence-electron chi connectivity index (χ4n) is 2.20. The Hall–Kier alpha value is 0.240. The molecule has 1 aliphatic rings. The lowest BCUT2D eigenvalue weighted by Gasteiger charge is -2.13. The van der Waals surface area contributed by atoms with Crippen LogP contribution < -0.4 is 0 Å². The van der Waals surface area contributed by atoms with E-state index in [1.165, 1.54) is 0 Å². The highest BCUT2D eigenvalue weighted by molar-refractivity contribution is 6.55. The summed E-state index contributed by atoms with van der Waals surface area (Å²) in [5.41, 5.74) is 0.240. The van der Waals surface area contributed by atoms with Crippen molar-refractivity contribution in [3.8, 4) is 0 Å². The van der Waals surface area contributed by atoms with Crippen molar-refractivity contribution in [2.24, 2.45) is 17.3 Å². The minimum Gasteiger partial charge on any atom is -0.356 e. The van der Waals surface area contributed by atoms with E-state index in [-0.39, 0.29) is 11.7 Å². The summed E-state index contributed by atoms with van der Waals surface area (Å²) in [4.78, 5) is 0. The van der Waals surface area contributed by atoms with Gasteiger partial charge in [0.1, 0.15) is 4.49 Å². The molecule has 1 saturated carbocycles. The molecule has 0 N–H and O–H groups in total. The topological polar surface area (TPSA) is 18.5 Å². The summed E-state index contributed by atoms with van der Waals surface area (Å²) in [7, 11) is 3.31. The molecule has 0 saturated heterocycles. The molecule has 0 amide bonds. The van der Waals surface area contributed by atoms with E-state index in [2.05, 4.69) is 13.8 Å². The van der Waals surface area contributed by atoms with Crippen molar-refractivity contribution in [2.75, 3.05) is 14.2 Å². The van der Waals surface area contributed by atoms with Crippen molar-refractivity contribution in [3.63, 3.8) is 0 Å². The van der Waals surface area contributed by atoms with Crippen LogP contribution in [0.1, 0.15) is 20.3 Å². The molecule has 0 aromatic heterocycles. The number of ether oxygens (including phenoxy) is 2. The zero-order valence-electron chi connectivity index (χ0n) is 9.59. The highest BCUT2D eigenvalue weighted by Crippen LogP contribution is 2.61. The lowest BCUT2D eigenvalue weighted by molar-refractivity contribution is -0.110. The fraction of sp³-hybridized carbons (Fsp3) is 0.818. The van der Waals surface area contributed by atoms with Crippen LogP contribution >= 0.6 is 23.2 Å². The number of methoxy groups -OCH3 is 2. The minimum atomic E-state index is -0.137. The summed E-state index contributed by atoms with van der Waals surface area (Å²) in [5, 5.41) is 0. The maximum atomic E-state index is 5.67. The lowest BCUT2D eigenvalue weighted by Crippen LogP contribution is -2.14. The SMILES string of the molecule is COC(CC1C(C=C(Cl)Cl)C1(C)C)OC. The van der Waals surface area contributed by atoms with E-state index in [4.69, 9.17) is 32.7 Å². The Morgan fingerprint density at radius 2 is 1.87 bits per heavy atom. The normalized spacial score (nSPS) is 27.9. The summed E-state index contributed by atoms with van der Waals surface area (Å²) in [6.45, 7) is 4.41. The number of hydrogen-bond acceptors (Lipinski definition) is 2. The molecule has 0 bridgehead atoms. The summed E-state index contributed by atoms with van der Waals surface area (Å²) < 4.78 is 10.7. The molecule has 88 valence electrons. The number of rotatable bonds is 5. The van der Waals surface area contributed by atoms with E-state index in [0.29, 0.717) is 16.3 Å². The van der Waals surface area contributed by atoms with E-state index in [1.807, 2.05) is 6.08 Å². The van der Waals surface area contributed by atoms with Gasteiger partial charge in [0.05, 0.1) is 0 Å². The first-order chi connectivity index (χ1) is 6.93. The predicted molar refractivity (Wildman–Crippen MR) is 63.0 cm³/mol. The standard InChI is InChI=1S/C11H18Cl2O2/c1-11(2)7(5-9(12)13)8(11)6-10(14-3)15-4/h5,7-8,10H,6H2,1-4H3. The second-order valence-corrected chi connectivity index (χ2v) is 5.55. The average Bonchev–Trinajstić information content (AvgIpc) is 2.63. The van der Waals surface area contributed by atoms with E-state index in [9.17, 15) is 0 Å². The van der Waals surface area contributed by atoms with E-state index >= 15 is 0 Å². The monoisotopic (exact) mass is 252 g/mol. The van der Waals surface area contributed by atoms with Gasteiger partial charge < -0.3 is 9.47 Å². The Balaban J connectivity index is 2.55. The van der Waals surface area contributed by atoms with E-state index < -0.39 is 0 Å². The van der Waals surface area contributed by atoms with Crippen molar-refractivity contribution < 1.29 is 9.47 Å². The number of hydrogen-bond donors (Lipinski definition) is 0. The Morgan fingerprint density at radius 3 is 2.27 bits per heavy atom. The molecule has 2 nitrogen and oxygen atoms in total. The van der Waals surface area contributed by atoms with Gasteiger partial charge in [-0.15, -0.1) is 0 Å². The molecule has 0 aromatic carbocycles. The highest BCUT2D eigenvalue weighted by Gasteiger charge is 2.56. The van der Waals surface area contributed by atoms with Crippen LogP contribution in [0.5, 0.6) is 0 Å².